The zero-order valence-electron chi connectivity index (χ0n) is 39.5. The van der Waals surface area contributed by atoms with Gasteiger partial charge >= 0.3 is 6.03 Å². The second kappa shape index (κ2) is 18.6. The molecule has 0 spiro atoms. The highest BCUT2D eigenvalue weighted by molar-refractivity contribution is 7.92. The highest BCUT2D eigenvalue weighted by atomic mass is 32.2. The van der Waals surface area contributed by atoms with E-state index < -0.39 is 31.0 Å². The average Bonchev–Trinajstić information content (AvgIpc) is 3.67. The molecule has 356 valence electrons. The van der Waals surface area contributed by atoms with Crippen molar-refractivity contribution in [2.45, 2.75) is 127 Å². The lowest BCUT2D eigenvalue weighted by Gasteiger charge is -2.37. The standard InChI is InChI=1S/C24H35N5O4S.C23H34N4O3S/c1-16(30)27-9-7-17(8-10-27)13-29-21-6-5-18(11-20(21)26-22(29)12-24(2,3)4)34(32,33)19-14-28(15-19)23(25)31;1-16(28)26-9-7-17(8-10-26)15-27-21-6-5-18(31(29,30)19-13-24-14-19)11-20(21)25-22(27)12-23(2,3)4/h5-6,11,17,19H,7-10,12-15H2,1-4H3,(H2,25,31);5-6,11,17,19,24H,7-10,12-15H2,1-4H3. The van der Waals surface area contributed by atoms with E-state index in [4.69, 9.17) is 15.7 Å². The molecular weight excluding hydrogens is 867 g/mol. The molecule has 6 heterocycles. The molecule has 65 heavy (non-hydrogen) atoms. The van der Waals surface area contributed by atoms with Crippen LogP contribution in [0.25, 0.3) is 22.1 Å². The second-order valence-electron chi connectivity index (χ2n) is 21.2. The number of likely N-dealkylation sites (tertiary alicyclic amines) is 3. The minimum atomic E-state index is -3.58. The van der Waals surface area contributed by atoms with Crippen LogP contribution in [0.3, 0.4) is 0 Å². The minimum absolute atomic E-state index is 0.0240. The summed E-state index contributed by atoms with van der Waals surface area (Å²) in [6.45, 7) is 22.4. The summed E-state index contributed by atoms with van der Waals surface area (Å²) < 4.78 is 56.5. The van der Waals surface area contributed by atoms with Crippen LogP contribution in [0.15, 0.2) is 46.2 Å². The molecule has 4 aliphatic rings. The molecule has 4 aromatic rings. The average molecular weight is 936 g/mol. The van der Waals surface area contributed by atoms with Gasteiger partial charge in [0.05, 0.1) is 37.1 Å². The summed E-state index contributed by atoms with van der Waals surface area (Å²) >= 11 is 0. The predicted octanol–water partition coefficient (Wildman–Crippen LogP) is 5.05. The Labute approximate surface area is 384 Å². The minimum Gasteiger partial charge on any atom is -0.351 e. The number of piperidine rings is 2. The van der Waals surface area contributed by atoms with E-state index in [0.717, 1.165) is 106 Å². The second-order valence-corrected chi connectivity index (χ2v) is 25.6. The lowest BCUT2D eigenvalue weighted by Crippen LogP contribution is -2.58. The first-order valence-electron chi connectivity index (χ1n) is 23.1. The third kappa shape index (κ3) is 11.0. The van der Waals surface area contributed by atoms with Crippen molar-refractivity contribution in [2.24, 2.45) is 28.4 Å². The van der Waals surface area contributed by atoms with E-state index in [1.54, 1.807) is 38.1 Å². The molecule has 4 amide bonds. The number of primary amides is 1. The fraction of sp³-hybridized carbons (Fsp3) is 0.638. The SMILES string of the molecule is CC(=O)N1CCC(Cn2c(CC(C)(C)C)nc3cc(S(=O)(=O)C4CN(C(N)=O)C4)ccc32)CC1.CC(=O)N1CCC(Cn2c(CC(C)(C)C)nc3cc(S(=O)(=O)C4CNC4)ccc32)CC1. The third-order valence-electron chi connectivity index (χ3n) is 13.4. The lowest BCUT2D eigenvalue weighted by atomic mass is 9.91. The summed E-state index contributed by atoms with van der Waals surface area (Å²) in [5.41, 5.74) is 8.70. The van der Waals surface area contributed by atoms with Gasteiger partial charge in [-0.3, -0.25) is 9.59 Å². The quantitative estimate of drug-likeness (QED) is 0.217. The summed E-state index contributed by atoms with van der Waals surface area (Å²) in [5, 5.41) is 2.07. The van der Waals surface area contributed by atoms with Gasteiger partial charge in [-0.15, -0.1) is 0 Å². The number of nitrogens with zero attached hydrogens (tertiary/aromatic N) is 7. The third-order valence-corrected chi connectivity index (χ3v) is 17.6. The van der Waals surface area contributed by atoms with Gasteiger partial charge < -0.3 is 34.9 Å². The van der Waals surface area contributed by atoms with Crippen molar-refractivity contribution in [3.63, 3.8) is 0 Å². The number of amides is 4. The van der Waals surface area contributed by atoms with Crippen LogP contribution in [0.1, 0.15) is 92.7 Å². The van der Waals surface area contributed by atoms with Gasteiger partial charge in [0.15, 0.2) is 19.7 Å². The normalized spacial score (nSPS) is 18.7. The molecule has 0 atom stereocenters. The molecule has 4 saturated heterocycles. The van der Waals surface area contributed by atoms with Gasteiger partial charge in [-0.1, -0.05) is 41.5 Å². The van der Waals surface area contributed by atoms with Crippen LogP contribution in [0.4, 0.5) is 4.79 Å². The van der Waals surface area contributed by atoms with Crippen LogP contribution in [-0.4, -0.2) is 131 Å². The number of benzene rings is 2. The number of rotatable bonds is 10. The highest BCUT2D eigenvalue weighted by Crippen LogP contribution is 2.33. The Hall–Kier alpha value is -4.55. The molecule has 4 aliphatic heterocycles. The van der Waals surface area contributed by atoms with E-state index in [1.807, 2.05) is 21.9 Å². The van der Waals surface area contributed by atoms with Crippen molar-refractivity contribution in [1.29, 1.82) is 0 Å². The Balaban J connectivity index is 0.000000195. The molecule has 0 unspecified atom stereocenters. The van der Waals surface area contributed by atoms with Gasteiger partial charge in [0.25, 0.3) is 0 Å². The number of aromatic nitrogens is 4. The first-order chi connectivity index (χ1) is 30.4. The fourth-order valence-electron chi connectivity index (χ4n) is 9.36. The van der Waals surface area contributed by atoms with Crippen molar-refractivity contribution in [1.82, 2.24) is 39.1 Å². The zero-order valence-corrected chi connectivity index (χ0v) is 41.1. The molecule has 16 nitrogen and oxygen atoms in total. The Bertz CT molecular complexity index is 2640. The molecule has 4 fully saturated rings. The summed E-state index contributed by atoms with van der Waals surface area (Å²) in [6, 6.07) is 10.0. The number of fused-ring (bicyclic) bond motifs is 2. The van der Waals surface area contributed by atoms with Crippen LogP contribution in [0.2, 0.25) is 0 Å². The van der Waals surface area contributed by atoms with E-state index in [9.17, 15) is 31.2 Å². The number of hydrogen-bond donors (Lipinski definition) is 2. The van der Waals surface area contributed by atoms with Crippen molar-refractivity contribution in [3.05, 3.63) is 48.0 Å². The Kier molecular flexibility index (Phi) is 13.9. The zero-order chi connectivity index (χ0) is 47.2. The summed E-state index contributed by atoms with van der Waals surface area (Å²) in [4.78, 5) is 50.1. The summed E-state index contributed by atoms with van der Waals surface area (Å²) in [5.74, 6) is 3.15. The number of sulfone groups is 2. The van der Waals surface area contributed by atoms with Crippen LogP contribution in [-0.2, 0) is 55.2 Å². The van der Waals surface area contributed by atoms with Gasteiger partial charge in [0.2, 0.25) is 11.8 Å². The topological polar surface area (TPSA) is 203 Å². The number of nitrogens with one attached hydrogen (secondary N) is 1. The molecule has 0 radical (unpaired) electrons. The Morgan fingerprint density at radius 2 is 1.02 bits per heavy atom. The maximum atomic E-state index is 13.1. The number of hydrogen-bond acceptors (Lipinski definition) is 10. The molecule has 8 rings (SSSR count). The van der Waals surface area contributed by atoms with Gasteiger partial charge in [-0.2, -0.15) is 0 Å². The number of imidazole rings is 2. The monoisotopic (exact) mass is 935 g/mol. The Morgan fingerprint density at radius 1 is 0.631 bits per heavy atom. The van der Waals surface area contributed by atoms with E-state index >= 15 is 0 Å². The number of carbonyl (C=O) groups is 3. The Morgan fingerprint density at radius 3 is 1.34 bits per heavy atom. The van der Waals surface area contributed by atoms with E-state index in [1.165, 1.54) is 4.90 Å². The first-order valence-corrected chi connectivity index (χ1v) is 26.2. The van der Waals surface area contributed by atoms with Crippen molar-refractivity contribution in [3.8, 4) is 0 Å². The van der Waals surface area contributed by atoms with Crippen LogP contribution >= 0.6 is 0 Å². The molecule has 2 aromatic carbocycles. The molecular formula is C47H69N9O7S2. The van der Waals surface area contributed by atoms with Gasteiger partial charge in [0.1, 0.15) is 16.9 Å². The molecule has 18 heteroatoms. The predicted molar refractivity (Wildman–Crippen MR) is 252 cm³/mol. The van der Waals surface area contributed by atoms with Gasteiger partial charge in [0, 0.05) is 92.1 Å². The summed E-state index contributed by atoms with van der Waals surface area (Å²) in [6.07, 6.45) is 5.44. The van der Waals surface area contributed by atoms with Crippen molar-refractivity contribution >= 4 is 59.6 Å². The smallest absolute Gasteiger partial charge is 0.314 e. The van der Waals surface area contributed by atoms with E-state index in [-0.39, 0.29) is 45.9 Å². The summed E-state index contributed by atoms with van der Waals surface area (Å²) in [7, 11) is -6.90. The molecule has 0 bridgehead atoms. The van der Waals surface area contributed by atoms with Gasteiger partial charge in [-0.05, 0) is 84.7 Å². The maximum Gasteiger partial charge on any atom is 0.314 e. The maximum absolute atomic E-state index is 13.1. The van der Waals surface area contributed by atoms with Crippen LogP contribution in [0.5, 0.6) is 0 Å². The first kappa shape index (κ1) is 48.4. The number of carbonyl (C=O) groups excluding carboxylic acids is 3. The fourth-order valence-corrected chi connectivity index (χ4v) is 12.6. The molecule has 0 saturated carbocycles. The molecule has 3 N–H and O–H groups in total. The lowest BCUT2D eigenvalue weighted by molar-refractivity contribution is -0.131. The highest BCUT2D eigenvalue weighted by Gasteiger charge is 2.40. The van der Waals surface area contributed by atoms with E-state index in [0.29, 0.717) is 35.3 Å². The van der Waals surface area contributed by atoms with Crippen LogP contribution in [0, 0.1) is 22.7 Å². The van der Waals surface area contributed by atoms with Gasteiger partial charge in [-0.25, -0.2) is 31.6 Å². The largest absolute Gasteiger partial charge is 0.351 e. The van der Waals surface area contributed by atoms with Crippen LogP contribution < -0.4 is 11.1 Å². The van der Waals surface area contributed by atoms with Crippen molar-refractivity contribution in [2.75, 3.05) is 52.4 Å². The number of nitrogens with two attached hydrogens (primary N) is 1. The molecule has 2 aromatic heterocycles. The number of urea groups is 1. The molecule has 0 aliphatic carbocycles. The van der Waals surface area contributed by atoms with E-state index in [2.05, 4.69) is 56.0 Å². The van der Waals surface area contributed by atoms with Crippen molar-refractivity contribution < 1.29 is 31.2 Å².